The Morgan fingerprint density at radius 1 is 1.21 bits per heavy atom. The van der Waals surface area contributed by atoms with Crippen molar-refractivity contribution in [3.63, 3.8) is 0 Å². The summed E-state index contributed by atoms with van der Waals surface area (Å²) in [6.07, 6.45) is 5.35. The monoisotopic (exact) mass is 465 g/mol. The fourth-order valence-electron chi connectivity index (χ4n) is 5.57. The zero-order valence-electron chi connectivity index (χ0n) is 20.3. The Balaban J connectivity index is 1.78. The highest BCUT2D eigenvalue weighted by Gasteiger charge is 2.32. The van der Waals surface area contributed by atoms with Crippen molar-refractivity contribution in [2.24, 2.45) is 5.73 Å². The predicted octanol–water partition coefficient (Wildman–Crippen LogP) is 5.10. The quantitative estimate of drug-likeness (QED) is 0.409. The predicted molar refractivity (Wildman–Crippen MR) is 135 cm³/mol. The molecule has 1 aromatic heterocycles. The molecule has 182 valence electrons. The molecule has 0 radical (unpaired) electrons. The molecule has 5 nitrogen and oxygen atoms in total. The summed E-state index contributed by atoms with van der Waals surface area (Å²) in [4.78, 5) is 14.8. The first kappa shape index (κ1) is 24.3. The van der Waals surface area contributed by atoms with E-state index in [2.05, 4.69) is 23.3 Å². The number of hydrogen-bond acceptors (Lipinski definition) is 3. The van der Waals surface area contributed by atoms with Crippen molar-refractivity contribution >= 4 is 16.8 Å². The number of fused-ring (bicyclic) bond motifs is 3. The molecular formula is C28H36FN3O2. The molecule has 6 heteroatoms. The van der Waals surface area contributed by atoms with Crippen molar-refractivity contribution in [3.8, 4) is 5.75 Å². The maximum Gasteiger partial charge on any atom is 0.225 e. The van der Waals surface area contributed by atoms with Crippen LogP contribution in [0.5, 0.6) is 5.75 Å². The fraction of sp³-hybridized carbons (Fsp3) is 0.464. The van der Waals surface area contributed by atoms with Gasteiger partial charge in [0.05, 0.1) is 11.4 Å². The number of nitrogens with two attached hydrogens (primary N) is 1. The lowest BCUT2D eigenvalue weighted by Crippen LogP contribution is -2.25. The number of phenols is 1. The molecule has 0 bridgehead atoms. The summed E-state index contributed by atoms with van der Waals surface area (Å²) in [7, 11) is 0. The lowest BCUT2D eigenvalue weighted by Gasteiger charge is -2.22. The Morgan fingerprint density at radius 3 is 2.71 bits per heavy atom. The van der Waals surface area contributed by atoms with Gasteiger partial charge < -0.3 is 20.3 Å². The van der Waals surface area contributed by atoms with E-state index in [-0.39, 0.29) is 23.4 Å². The number of unbranched alkanes of at least 4 members (excludes halogenated alkanes) is 1. The highest BCUT2D eigenvalue weighted by atomic mass is 19.1. The molecule has 3 aromatic rings. The smallest absolute Gasteiger partial charge is 0.225 e. The number of carbonyl (C=O) groups is 1. The summed E-state index contributed by atoms with van der Waals surface area (Å²) in [6, 6.07) is 10.3. The van der Waals surface area contributed by atoms with Gasteiger partial charge in [0.15, 0.2) is 0 Å². The highest BCUT2D eigenvalue weighted by Crippen LogP contribution is 2.42. The minimum absolute atomic E-state index is 0.214. The van der Waals surface area contributed by atoms with E-state index in [1.807, 2.05) is 12.1 Å². The Bertz CT molecular complexity index is 1170. The summed E-state index contributed by atoms with van der Waals surface area (Å²) < 4.78 is 16.2. The molecule has 1 aliphatic carbocycles. The first-order chi connectivity index (χ1) is 16.4. The number of nitrogens with zero attached hydrogens (tertiary/aromatic N) is 2. The number of phenolic OH excluding ortho intramolecular Hbond substituents is 1. The Labute approximate surface area is 201 Å². The molecule has 3 N–H and O–H groups in total. The molecule has 4 rings (SSSR count). The highest BCUT2D eigenvalue weighted by molar-refractivity contribution is 5.95. The lowest BCUT2D eigenvalue weighted by molar-refractivity contribution is -0.119. The van der Waals surface area contributed by atoms with Gasteiger partial charge in [-0.2, -0.15) is 0 Å². The van der Waals surface area contributed by atoms with Crippen LogP contribution in [0.2, 0.25) is 0 Å². The van der Waals surface area contributed by atoms with Crippen LogP contribution in [0.15, 0.2) is 36.4 Å². The largest absolute Gasteiger partial charge is 0.508 e. The maximum atomic E-state index is 14.0. The topological polar surface area (TPSA) is 71.5 Å². The molecule has 0 aliphatic heterocycles. The minimum Gasteiger partial charge on any atom is -0.508 e. The van der Waals surface area contributed by atoms with Crippen LogP contribution in [0.25, 0.3) is 10.9 Å². The molecule has 1 amide bonds. The number of carbonyl (C=O) groups excluding carboxylic acids is 1. The van der Waals surface area contributed by atoms with E-state index in [1.165, 1.54) is 6.07 Å². The van der Waals surface area contributed by atoms with E-state index in [9.17, 15) is 14.3 Å². The Morgan fingerprint density at radius 2 is 2.00 bits per heavy atom. The van der Waals surface area contributed by atoms with Crippen LogP contribution >= 0.6 is 0 Å². The van der Waals surface area contributed by atoms with E-state index >= 15 is 0 Å². The lowest BCUT2D eigenvalue weighted by atomic mass is 9.84. The maximum absolute atomic E-state index is 14.0. The number of amides is 1. The van der Waals surface area contributed by atoms with Crippen LogP contribution in [0.4, 0.5) is 4.39 Å². The first-order valence-electron chi connectivity index (χ1n) is 12.6. The van der Waals surface area contributed by atoms with Crippen molar-refractivity contribution in [2.75, 3.05) is 19.6 Å². The van der Waals surface area contributed by atoms with Gasteiger partial charge in [0.25, 0.3) is 0 Å². The Kier molecular flexibility index (Phi) is 7.57. The van der Waals surface area contributed by atoms with Gasteiger partial charge in [0, 0.05) is 17.6 Å². The molecule has 0 spiro atoms. The van der Waals surface area contributed by atoms with Crippen LogP contribution in [0, 0.1) is 5.82 Å². The molecule has 1 heterocycles. The standard InChI is InChI=1S/C28H36FN3O2/c1-3-31(4-2)14-6-5-10-20-16-22(33)17-24-26-23(28(30)34)12-8-13-25(26)32(27(20)24)18-19-9-7-11-21(29)15-19/h7,9,11,15-17,23,33H,3-6,8,10,12-14,18H2,1-2H3,(H2,30,34). The van der Waals surface area contributed by atoms with Crippen molar-refractivity contribution in [2.45, 2.75) is 64.8 Å². The van der Waals surface area contributed by atoms with E-state index in [4.69, 9.17) is 5.73 Å². The summed E-state index contributed by atoms with van der Waals surface area (Å²) in [5.41, 5.74) is 10.8. The van der Waals surface area contributed by atoms with Gasteiger partial charge in [-0.1, -0.05) is 26.0 Å². The van der Waals surface area contributed by atoms with Gasteiger partial charge >= 0.3 is 0 Å². The van der Waals surface area contributed by atoms with Crippen molar-refractivity contribution in [1.82, 2.24) is 9.47 Å². The van der Waals surface area contributed by atoms with Crippen molar-refractivity contribution < 1.29 is 14.3 Å². The van der Waals surface area contributed by atoms with Crippen LogP contribution < -0.4 is 5.73 Å². The third-order valence-electron chi connectivity index (χ3n) is 7.26. The molecule has 1 aliphatic rings. The first-order valence-corrected chi connectivity index (χ1v) is 12.6. The van der Waals surface area contributed by atoms with Gasteiger partial charge in [-0.3, -0.25) is 4.79 Å². The van der Waals surface area contributed by atoms with E-state index in [0.717, 1.165) is 91.4 Å². The second-order valence-electron chi connectivity index (χ2n) is 9.41. The molecule has 2 aromatic carbocycles. The van der Waals surface area contributed by atoms with Crippen molar-refractivity contribution in [1.29, 1.82) is 0 Å². The average Bonchev–Trinajstić information content (AvgIpc) is 3.12. The SMILES string of the molecule is CCN(CC)CCCCc1cc(O)cc2c3c(n(Cc4cccc(F)c4)c12)CCCC3C(N)=O. The third-order valence-corrected chi connectivity index (χ3v) is 7.26. The van der Waals surface area contributed by atoms with Gasteiger partial charge in [-0.05, 0) is 99.1 Å². The van der Waals surface area contributed by atoms with Crippen molar-refractivity contribution in [3.05, 3.63) is 64.6 Å². The number of halogens is 1. The summed E-state index contributed by atoms with van der Waals surface area (Å²) in [6.45, 7) is 8.03. The fourth-order valence-corrected chi connectivity index (χ4v) is 5.57. The van der Waals surface area contributed by atoms with Gasteiger partial charge in [-0.25, -0.2) is 4.39 Å². The van der Waals surface area contributed by atoms with Gasteiger partial charge in [0.2, 0.25) is 5.91 Å². The van der Waals surface area contributed by atoms with Gasteiger partial charge in [-0.15, -0.1) is 0 Å². The number of hydrogen-bond donors (Lipinski definition) is 2. The molecule has 0 fully saturated rings. The summed E-state index contributed by atoms with van der Waals surface area (Å²) >= 11 is 0. The molecule has 1 atom stereocenters. The summed E-state index contributed by atoms with van der Waals surface area (Å²) in [5, 5.41) is 11.5. The second kappa shape index (κ2) is 10.6. The summed E-state index contributed by atoms with van der Waals surface area (Å²) in [5.74, 6) is -0.731. The van der Waals surface area contributed by atoms with Crippen LogP contribution in [0.3, 0.4) is 0 Å². The zero-order chi connectivity index (χ0) is 24.2. The van der Waals surface area contributed by atoms with Crippen LogP contribution in [-0.2, 0) is 24.2 Å². The van der Waals surface area contributed by atoms with E-state index < -0.39 is 0 Å². The molecular weight excluding hydrogens is 429 g/mol. The normalized spacial score (nSPS) is 15.7. The van der Waals surface area contributed by atoms with E-state index in [0.29, 0.717) is 6.54 Å². The number of aromatic nitrogens is 1. The zero-order valence-corrected chi connectivity index (χ0v) is 20.3. The molecule has 0 saturated carbocycles. The molecule has 0 saturated heterocycles. The molecule has 34 heavy (non-hydrogen) atoms. The number of primary amides is 1. The van der Waals surface area contributed by atoms with E-state index in [1.54, 1.807) is 18.2 Å². The van der Waals surface area contributed by atoms with Gasteiger partial charge in [0.1, 0.15) is 11.6 Å². The number of aromatic hydroxyl groups is 1. The number of benzene rings is 2. The number of rotatable bonds is 10. The number of aryl methyl sites for hydroxylation is 1. The third kappa shape index (κ3) is 4.97. The van der Waals surface area contributed by atoms with Crippen LogP contribution in [-0.4, -0.2) is 40.1 Å². The molecule has 1 unspecified atom stereocenters. The van der Waals surface area contributed by atoms with Crippen LogP contribution in [0.1, 0.15) is 67.8 Å². The second-order valence-corrected chi connectivity index (χ2v) is 9.41. The minimum atomic E-state index is -0.364. The Hall–Kier alpha value is -2.86. The average molecular weight is 466 g/mol.